The molecule has 0 fully saturated rings. The lowest BCUT2D eigenvalue weighted by Gasteiger charge is -2.11. The van der Waals surface area contributed by atoms with Crippen molar-refractivity contribution in [3.05, 3.63) is 59.1 Å². The molecule has 0 aliphatic heterocycles. The summed E-state index contributed by atoms with van der Waals surface area (Å²) in [6.45, 7) is 0.431. The second-order valence-corrected chi connectivity index (χ2v) is 7.42. The second-order valence-electron chi connectivity index (χ2n) is 6.98. The number of hydrogen-bond acceptors (Lipinski definition) is 8. The number of fused-ring (bicyclic) bond motifs is 1. The van der Waals surface area contributed by atoms with Gasteiger partial charge in [0.1, 0.15) is 23.9 Å². The lowest BCUT2D eigenvalue weighted by atomic mass is 10.2. The van der Waals surface area contributed by atoms with Gasteiger partial charge in [-0.15, -0.1) is 15.3 Å². The molecule has 0 radical (unpaired) electrons. The van der Waals surface area contributed by atoms with Crippen molar-refractivity contribution in [1.29, 1.82) is 0 Å². The van der Waals surface area contributed by atoms with Crippen LogP contribution in [-0.4, -0.2) is 60.2 Å². The summed E-state index contributed by atoms with van der Waals surface area (Å²) in [5.74, 6) is 2.16. The predicted octanol–water partition coefficient (Wildman–Crippen LogP) is 3.28. The monoisotopic (exact) mass is 483 g/mol. The number of methoxy groups -OCH3 is 3. The number of halogens is 1. The highest BCUT2D eigenvalue weighted by atomic mass is 35.5. The Hall–Kier alpha value is -4.05. The molecule has 2 heterocycles. The molecule has 0 unspecified atom stereocenters. The van der Waals surface area contributed by atoms with Crippen molar-refractivity contribution in [2.45, 2.75) is 0 Å². The van der Waals surface area contributed by atoms with E-state index >= 15 is 0 Å². The molecule has 4 rings (SSSR count). The Labute approximate surface area is 200 Å². The molecule has 1 N–H and O–H groups in total. The minimum atomic E-state index is -0.322. The fourth-order valence-corrected chi connectivity index (χ4v) is 3.45. The third-order valence-corrected chi connectivity index (χ3v) is 5.16. The Kier molecular flexibility index (Phi) is 6.98. The molecule has 176 valence electrons. The Morgan fingerprint density at radius 3 is 2.53 bits per heavy atom. The standard InChI is InChI=1S/C23H22ClN5O5/c1-31-15-5-7-18(32-2)16(13-15)22-27-26-20-8-9-21(28-29(20)22)34-11-10-25-23(30)17-12-14(24)4-6-19(17)33-3/h4-9,12-13H,10-11H2,1-3H3,(H,25,30). The molecule has 10 nitrogen and oxygen atoms in total. The van der Waals surface area contributed by atoms with Gasteiger partial charge in [0, 0.05) is 11.1 Å². The minimum absolute atomic E-state index is 0.188. The van der Waals surface area contributed by atoms with E-state index < -0.39 is 0 Å². The Morgan fingerprint density at radius 1 is 0.971 bits per heavy atom. The highest BCUT2D eigenvalue weighted by Gasteiger charge is 2.16. The van der Waals surface area contributed by atoms with Crippen molar-refractivity contribution in [3.8, 4) is 34.5 Å². The van der Waals surface area contributed by atoms with Crippen LogP contribution in [0.15, 0.2) is 48.5 Å². The van der Waals surface area contributed by atoms with Crippen molar-refractivity contribution in [2.24, 2.45) is 0 Å². The number of benzene rings is 2. The molecule has 1 amide bonds. The van der Waals surface area contributed by atoms with Crippen LogP contribution in [0.25, 0.3) is 17.0 Å². The van der Waals surface area contributed by atoms with Crippen molar-refractivity contribution < 1.29 is 23.7 Å². The highest BCUT2D eigenvalue weighted by molar-refractivity contribution is 6.31. The first-order valence-electron chi connectivity index (χ1n) is 10.2. The van der Waals surface area contributed by atoms with E-state index in [2.05, 4.69) is 20.6 Å². The molecule has 0 saturated carbocycles. The molecule has 34 heavy (non-hydrogen) atoms. The molecule has 0 aliphatic rings. The third kappa shape index (κ3) is 4.81. The van der Waals surface area contributed by atoms with Gasteiger partial charge in [0.25, 0.3) is 5.91 Å². The number of ether oxygens (including phenoxy) is 4. The maximum absolute atomic E-state index is 12.5. The number of aromatic nitrogens is 4. The van der Waals surface area contributed by atoms with Gasteiger partial charge in [0.05, 0.1) is 39.0 Å². The fraction of sp³-hybridized carbons (Fsp3) is 0.217. The van der Waals surface area contributed by atoms with Crippen LogP contribution in [0.4, 0.5) is 0 Å². The normalized spacial score (nSPS) is 10.7. The quantitative estimate of drug-likeness (QED) is 0.361. The van der Waals surface area contributed by atoms with E-state index in [1.807, 2.05) is 0 Å². The van der Waals surface area contributed by atoms with Crippen molar-refractivity contribution in [1.82, 2.24) is 25.1 Å². The third-order valence-electron chi connectivity index (χ3n) is 4.93. The summed E-state index contributed by atoms with van der Waals surface area (Å²) in [6, 6.07) is 13.6. The van der Waals surface area contributed by atoms with Crippen molar-refractivity contribution in [2.75, 3.05) is 34.5 Å². The van der Waals surface area contributed by atoms with Crippen molar-refractivity contribution >= 4 is 23.2 Å². The van der Waals surface area contributed by atoms with E-state index in [-0.39, 0.29) is 19.1 Å². The number of hydrogen-bond donors (Lipinski definition) is 1. The first-order chi connectivity index (χ1) is 16.5. The second kappa shape index (κ2) is 10.3. The molecule has 0 spiro atoms. The summed E-state index contributed by atoms with van der Waals surface area (Å²) < 4.78 is 23.3. The molecule has 0 atom stereocenters. The van der Waals surface area contributed by atoms with Crippen LogP contribution < -0.4 is 24.3 Å². The van der Waals surface area contributed by atoms with E-state index in [0.29, 0.717) is 50.7 Å². The summed E-state index contributed by atoms with van der Waals surface area (Å²) in [6.07, 6.45) is 0. The van der Waals surface area contributed by atoms with E-state index in [4.69, 9.17) is 30.5 Å². The van der Waals surface area contributed by atoms with Crippen LogP contribution in [0.3, 0.4) is 0 Å². The minimum Gasteiger partial charge on any atom is -0.497 e. The van der Waals surface area contributed by atoms with Crippen LogP contribution in [0.5, 0.6) is 23.1 Å². The van der Waals surface area contributed by atoms with Crippen molar-refractivity contribution in [3.63, 3.8) is 0 Å². The predicted molar refractivity (Wildman–Crippen MR) is 125 cm³/mol. The van der Waals surface area contributed by atoms with Gasteiger partial charge >= 0.3 is 0 Å². The molecule has 0 bridgehead atoms. The summed E-state index contributed by atoms with van der Waals surface area (Å²) in [5.41, 5.74) is 1.55. The zero-order chi connectivity index (χ0) is 24.1. The van der Waals surface area contributed by atoms with Gasteiger partial charge < -0.3 is 24.3 Å². The number of nitrogens with zero attached hydrogens (tertiary/aromatic N) is 4. The molecule has 2 aromatic heterocycles. The summed E-state index contributed by atoms with van der Waals surface area (Å²) >= 11 is 5.99. The van der Waals surface area contributed by atoms with E-state index in [0.717, 1.165) is 0 Å². The van der Waals surface area contributed by atoms with Gasteiger partial charge in [-0.2, -0.15) is 4.52 Å². The maximum Gasteiger partial charge on any atom is 0.255 e. The maximum atomic E-state index is 12.5. The molecule has 11 heteroatoms. The van der Waals surface area contributed by atoms with E-state index in [9.17, 15) is 4.79 Å². The lowest BCUT2D eigenvalue weighted by molar-refractivity contribution is 0.0943. The van der Waals surface area contributed by atoms with Crippen LogP contribution in [-0.2, 0) is 0 Å². The number of carbonyl (C=O) groups is 1. The average Bonchev–Trinajstić information content (AvgIpc) is 3.29. The number of nitrogens with one attached hydrogen (secondary N) is 1. The number of rotatable bonds is 9. The van der Waals surface area contributed by atoms with Gasteiger partial charge in [-0.25, -0.2) is 0 Å². The molecule has 2 aromatic carbocycles. The van der Waals surface area contributed by atoms with Gasteiger partial charge in [-0.1, -0.05) is 11.6 Å². The van der Waals surface area contributed by atoms with E-state index in [1.165, 1.54) is 7.11 Å². The first-order valence-corrected chi connectivity index (χ1v) is 10.6. The van der Waals surface area contributed by atoms with Gasteiger partial charge in [0.15, 0.2) is 11.5 Å². The van der Waals surface area contributed by atoms with Crippen LogP contribution in [0, 0.1) is 0 Å². The number of carbonyl (C=O) groups excluding carboxylic acids is 1. The van der Waals surface area contributed by atoms with Gasteiger partial charge in [-0.3, -0.25) is 4.79 Å². The SMILES string of the molecule is COc1ccc(OC)c(-c2nnc3ccc(OCCNC(=O)c4cc(Cl)ccc4OC)nn23)c1. The largest absolute Gasteiger partial charge is 0.497 e. The topological polar surface area (TPSA) is 109 Å². The van der Waals surface area contributed by atoms with Crippen LogP contribution in [0.2, 0.25) is 5.02 Å². The Bertz CT molecular complexity index is 1330. The smallest absolute Gasteiger partial charge is 0.255 e. The average molecular weight is 484 g/mol. The first kappa shape index (κ1) is 23.1. The Morgan fingerprint density at radius 2 is 1.76 bits per heavy atom. The van der Waals surface area contributed by atoms with Crippen LogP contribution in [0.1, 0.15) is 10.4 Å². The zero-order valence-corrected chi connectivity index (χ0v) is 19.5. The molecular weight excluding hydrogens is 462 g/mol. The lowest BCUT2D eigenvalue weighted by Crippen LogP contribution is -2.28. The molecule has 0 aliphatic carbocycles. The molecular formula is C23H22ClN5O5. The highest BCUT2D eigenvalue weighted by Crippen LogP contribution is 2.32. The number of amides is 1. The molecule has 4 aromatic rings. The Balaban J connectivity index is 1.46. The zero-order valence-electron chi connectivity index (χ0n) is 18.7. The van der Waals surface area contributed by atoms with E-state index in [1.54, 1.807) is 67.3 Å². The summed E-state index contributed by atoms with van der Waals surface area (Å²) in [5, 5.41) is 16.1. The van der Waals surface area contributed by atoms with Gasteiger partial charge in [0.2, 0.25) is 5.88 Å². The molecule has 0 saturated heterocycles. The summed E-state index contributed by atoms with van der Waals surface area (Å²) in [7, 11) is 4.65. The summed E-state index contributed by atoms with van der Waals surface area (Å²) in [4.78, 5) is 12.5. The van der Waals surface area contributed by atoms with Gasteiger partial charge in [-0.05, 0) is 42.5 Å². The van der Waals surface area contributed by atoms with Crippen LogP contribution >= 0.6 is 11.6 Å². The fourth-order valence-electron chi connectivity index (χ4n) is 3.28.